The molecule has 6 nitrogen and oxygen atoms in total. The highest BCUT2D eigenvalue weighted by molar-refractivity contribution is 6.04. The van der Waals surface area contributed by atoms with Crippen LogP contribution in [-0.2, 0) is 14.3 Å². The van der Waals surface area contributed by atoms with Crippen LogP contribution < -0.4 is 14.8 Å². The van der Waals surface area contributed by atoms with Gasteiger partial charge >= 0.3 is 5.97 Å². The molecule has 1 heterocycles. The first-order chi connectivity index (χ1) is 18.5. The maximum atomic E-state index is 13.7. The van der Waals surface area contributed by atoms with Crippen LogP contribution >= 0.6 is 0 Å². The van der Waals surface area contributed by atoms with Crippen molar-refractivity contribution in [3.05, 3.63) is 119 Å². The van der Waals surface area contributed by atoms with Crippen LogP contribution in [0.3, 0.4) is 0 Å². The van der Waals surface area contributed by atoms with Crippen LogP contribution in [0.5, 0.6) is 11.5 Å². The molecular weight excluding hydrogens is 478 g/mol. The number of hydrogen-bond donors (Lipinski definition) is 1. The highest BCUT2D eigenvalue weighted by atomic mass is 16.6. The van der Waals surface area contributed by atoms with Crippen molar-refractivity contribution in [2.75, 3.05) is 20.3 Å². The van der Waals surface area contributed by atoms with E-state index < -0.39 is 11.9 Å². The number of carbonyl (C=O) groups is 2. The van der Waals surface area contributed by atoms with Crippen molar-refractivity contribution < 1.29 is 23.8 Å². The highest BCUT2D eigenvalue weighted by Gasteiger charge is 2.41. The van der Waals surface area contributed by atoms with Crippen molar-refractivity contribution in [3.63, 3.8) is 0 Å². The van der Waals surface area contributed by atoms with Gasteiger partial charge in [-0.3, -0.25) is 4.79 Å². The summed E-state index contributed by atoms with van der Waals surface area (Å²) in [7, 11) is 1.64. The largest absolute Gasteiger partial charge is 0.497 e. The number of carbonyl (C=O) groups excluding carboxylic acids is 2. The molecule has 0 amide bonds. The minimum absolute atomic E-state index is 0.0404. The lowest BCUT2D eigenvalue weighted by Crippen LogP contribution is -2.36. The van der Waals surface area contributed by atoms with E-state index in [9.17, 15) is 9.59 Å². The molecule has 194 valence electrons. The number of esters is 1. The molecule has 0 bridgehead atoms. The maximum Gasteiger partial charge on any atom is 0.336 e. The minimum Gasteiger partial charge on any atom is -0.497 e. The number of benzene rings is 3. The number of allylic oxidation sites excluding steroid dienone is 3. The van der Waals surface area contributed by atoms with Crippen LogP contribution in [0.4, 0.5) is 0 Å². The van der Waals surface area contributed by atoms with Gasteiger partial charge in [-0.1, -0.05) is 60.7 Å². The molecule has 0 spiro atoms. The fourth-order valence-corrected chi connectivity index (χ4v) is 5.29. The molecule has 2 atom stereocenters. The number of Topliss-reactive ketones (excluding diaryl/α,β-unsaturated/α-hetero) is 1. The lowest BCUT2D eigenvalue weighted by atomic mass is 9.72. The van der Waals surface area contributed by atoms with Crippen molar-refractivity contribution in [1.82, 2.24) is 5.32 Å². The summed E-state index contributed by atoms with van der Waals surface area (Å²) in [4.78, 5) is 27.1. The zero-order valence-corrected chi connectivity index (χ0v) is 21.6. The third kappa shape index (κ3) is 5.35. The summed E-state index contributed by atoms with van der Waals surface area (Å²) in [6.45, 7) is 2.21. The van der Waals surface area contributed by atoms with Gasteiger partial charge in [0.25, 0.3) is 0 Å². The molecule has 0 saturated heterocycles. The highest BCUT2D eigenvalue weighted by Crippen LogP contribution is 2.45. The lowest BCUT2D eigenvalue weighted by Gasteiger charge is -2.36. The molecule has 38 heavy (non-hydrogen) atoms. The van der Waals surface area contributed by atoms with Crippen LogP contribution in [0.15, 0.2) is 107 Å². The smallest absolute Gasteiger partial charge is 0.336 e. The molecular formula is C32H31NO5. The summed E-state index contributed by atoms with van der Waals surface area (Å²) < 4.78 is 16.6. The summed E-state index contributed by atoms with van der Waals surface area (Å²) in [5, 5.41) is 3.40. The summed E-state index contributed by atoms with van der Waals surface area (Å²) in [5.74, 6) is 0.656. The second-order valence-electron chi connectivity index (χ2n) is 9.50. The van der Waals surface area contributed by atoms with Gasteiger partial charge in [-0.2, -0.15) is 0 Å². The molecule has 0 saturated carbocycles. The van der Waals surface area contributed by atoms with Crippen molar-refractivity contribution in [1.29, 1.82) is 0 Å². The average molecular weight is 510 g/mol. The first-order valence-corrected chi connectivity index (χ1v) is 12.8. The summed E-state index contributed by atoms with van der Waals surface area (Å²) >= 11 is 0. The van der Waals surface area contributed by atoms with Crippen molar-refractivity contribution in [2.24, 2.45) is 0 Å². The number of ether oxygens (including phenoxy) is 3. The molecule has 1 aliphatic carbocycles. The fourth-order valence-electron chi connectivity index (χ4n) is 5.29. The van der Waals surface area contributed by atoms with Gasteiger partial charge in [-0.25, -0.2) is 4.79 Å². The monoisotopic (exact) mass is 509 g/mol. The van der Waals surface area contributed by atoms with Crippen molar-refractivity contribution in [3.8, 4) is 11.5 Å². The molecule has 0 fully saturated rings. The minimum atomic E-state index is -0.487. The zero-order valence-electron chi connectivity index (χ0n) is 21.6. The van der Waals surface area contributed by atoms with Crippen LogP contribution in [0.1, 0.15) is 42.7 Å². The molecule has 0 radical (unpaired) electrons. The quantitative estimate of drug-likeness (QED) is 0.311. The van der Waals surface area contributed by atoms with E-state index in [4.69, 9.17) is 14.2 Å². The Morgan fingerprint density at radius 3 is 2.21 bits per heavy atom. The van der Waals surface area contributed by atoms with Crippen LogP contribution in [-0.4, -0.2) is 32.1 Å². The number of para-hydroxylation sites is 1. The Morgan fingerprint density at radius 1 is 0.842 bits per heavy atom. The predicted molar refractivity (Wildman–Crippen MR) is 145 cm³/mol. The fraction of sp³-hybridized carbons (Fsp3) is 0.250. The average Bonchev–Trinajstić information content (AvgIpc) is 2.95. The van der Waals surface area contributed by atoms with Gasteiger partial charge < -0.3 is 19.5 Å². The zero-order chi connectivity index (χ0) is 26.5. The molecule has 0 unspecified atom stereocenters. The molecule has 3 aromatic rings. The summed E-state index contributed by atoms with van der Waals surface area (Å²) in [5.41, 5.74) is 4.68. The first kappa shape index (κ1) is 25.3. The van der Waals surface area contributed by atoms with E-state index in [2.05, 4.69) is 5.32 Å². The Kier molecular flexibility index (Phi) is 7.59. The number of ketones is 1. The number of hydrogen-bond acceptors (Lipinski definition) is 6. The normalized spacial score (nSPS) is 18.9. The SMILES string of the molecule is COc1ccc([C@H]2CC(=O)C3=C(C2)NC(C)=C(C(=O)OCCOc2ccccc2)[C@@H]3c2ccccc2)cc1. The molecule has 2 aliphatic rings. The van der Waals surface area contributed by atoms with Gasteiger partial charge in [0.15, 0.2) is 5.78 Å². The summed E-state index contributed by atoms with van der Waals surface area (Å²) in [6.07, 6.45) is 1.06. The van der Waals surface area contributed by atoms with E-state index in [1.54, 1.807) is 7.11 Å². The third-order valence-electron chi connectivity index (χ3n) is 7.10. The molecule has 1 aliphatic heterocycles. The Balaban J connectivity index is 1.38. The molecule has 5 rings (SSSR count). The van der Waals surface area contributed by atoms with Crippen molar-refractivity contribution in [2.45, 2.75) is 31.6 Å². The van der Waals surface area contributed by atoms with Gasteiger partial charge in [-0.05, 0) is 54.7 Å². The standard InChI is InChI=1S/C32H31NO5/c1-21-29(32(35)38-18-17-37-26-11-7-4-8-12-26)30(23-9-5-3-6-10-23)31-27(33-21)19-24(20-28(31)34)22-13-15-25(36-2)16-14-22/h3-16,24,30,33H,17-20H2,1-2H3/t24-,30+/m1/s1. The van der Waals surface area contributed by atoms with Gasteiger partial charge in [0.1, 0.15) is 24.7 Å². The number of rotatable bonds is 8. The van der Waals surface area contributed by atoms with E-state index in [0.717, 1.165) is 28.3 Å². The maximum absolute atomic E-state index is 13.7. The van der Waals surface area contributed by atoms with E-state index in [1.165, 1.54) is 0 Å². The number of dihydropyridines is 1. The number of nitrogens with one attached hydrogen (secondary N) is 1. The third-order valence-corrected chi connectivity index (χ3v) is 7.10. The van der Waals surface area contributed by atoms with Crippen LogP contribution in [0.2, 0.25) is 0 Å². The number of methoxy groups -OCH3 is 1. The van der Waals surface area contributed by atoms with Crippen molar-refractivity contribution >= 4 is 11.8 Å². The first-order valence-electron chi connectivity index (χ1n) is 12.8. The van der Waals surface area contributed by atoms with E-state index in [0.29, 0.717) is 29.7 Å². The van der Waals surface area contributed by atoms with E-state index >= 15 is 0 Å². The second-order valence-corrected chi connectivity index (χ2v) is 9.50. The van der Waals surface area contributed by atoms with Crippen LogP contribution in [0.25, 0.3) is 0 Å². The Morgan fingerprint density at radius 2 is 1.53 bits per heavy atom. The Bertz CT molecular complexity index is 1360. The predicted octanol–water partition coefficient (Wildman–Crippen LogP) is 5.68. The summed E-state index contributed by atoms with van der Waals surface area (Å²) in [6, 6.07) is 27.0. The lowest BCUT2D eigenvalue weighted by molar-refractivity contribution is -0.140. The Hall–Kier alpha value is -4.32. The van der Waals surface area contributed by atoms with Gasteiger partial charge in [0, 0.05) is 29.3 Å². The van der Waals surface area contributed by atoms with Gasteiger partial charge in [0.05, 0.1) is 12.7 Å². The van der Waals surface area contributed by atoms with E-state index in [-0.39, 0.29) is 24.9 Å². The molecule has 3 aromatic carbocycles. The van der Waals surface area contributed by atoms with Crippen LogP contribution in [0, 0.1) is 0 Å². The van der Waals surface area contributed by atoms with E-state index in [1.807, 2.05) is 91.9 Å². The molecule has 6 heteroatoms. The second kappa shape index (κ2) is 11.4. The topological polar surface area (TPSA) is 73.9 Å². The van der Waals surface area contributed by atoms with Gasteiger partial charge in [0.2, 0.25) is 0 Å². The Labute approximate surface area is 222 Å². The van der Waals surface area contributed by atoms with Gasteiger partial charge in [-0.15, -0.1) is 0 Å². The molecule has 1 N–H and O–H groups in total. The molecule has 0 aromatic heterocycles.